The summed E-state index contributed by atoms with van der Waals surface area (Å²) in [4.78, 5) is 7.15. The monoisotopic (exact) mass is 235 g/mol. The highest BCUT2D eigenvalue weighted by atomic mass is 16.4. The van der Waals surface area contributed by atoms with Crippen LogP contribution in [0.1, 0.15) is 42.0 Å². The lowest BCUT2D eigenvalue weighted by Crippen LogP contribution is -2.13. The summed E-state index contributed by atoms with van der Waals surface area (Å²) in [5, 5.41) is 3.37. The summed E-state index contributed by atoms with van der Waals surface area (Å²) in [7, 11) is 2.18. The number of aryl methyl sites for hydroxylation is 1. The zero-order chi connectivity index (χ0) is 11.8. The lowest BCUT2D eigenvalue weighted by molar-refractivity contribution is 0.410. The summed E-state index contributed by atoms with van der Waals surface area (Å²) < 4.78 is 5.88. The summed E-state index contributed by atoms with van der Waals surface area (Å²) in [5.41, 5.74) is 1.20. The van der Waals surface area contributed by atoms with Crippen LogP contribution in [-0.2, 0) is 0 Å². The van der Waals surface area contributed by atoms with Gasteiger partial charge in [0.25, 0.3) is 0 Å². The van der Waals surface area contributed by atoms with Gasteiger partial charge in [0, 0.05) is 24.9 Å². The minimum Gasteiger partial charge on any atom is -0.445 e. The molecule has 0 spiro atoms. The Morgan fingerprint density at radius 1 is 1.35 bits per heavy atom. The minimum atomic E-state index is 0.488. The van der Waals surface area contributed by atoms with Gasteiger partial charge in [0.1, 0.15) is 5.76 Å². The molecule has 0 aromatic carbocycles. The molecule has 1 aromatic heterocycles. The van der Waals surface area contributed by atoms with Crippen molar-refractivity contribution in [3.05, 3.63) is 17.3 Å². The number of nitrogens with one attached hydrogen (secondary N) is 1. The maximum atomic E-state index is 5.88. The number of hydrogen-bond acceptors (Lipinski definition) is 4. The molecule has 2 aliphatic rings. The average molecular weight is 235 g/mol. The van der Waals surface area contributed by atoms with E-state index in [2.05, 4.69) is 24.2 Å². The Hall–Kier alpha value is -0.870. The van der Waals surface area contributed by atoms with E-state index in [4.69, 9.17) is 9.40 Å². The van der Waals surface area contributed by atoms with Crippen molar-refractivity contribution in [2.75, 3.05) is 33.2 Å². The Bertz CT molecular complexity index is 395. The van der Waals surface area contributed by atoms with Crippen LogP contribution in [0.2, 0.25) is 0 Å². The Balaban J connectivity index is 1.80. The van der Waals surface area contributed by atoms with Crippen molar-refractivity contribution in [2.45, 2.75) is 31.6 Å². The molecule has 2 aliphatic heterocycles. The molecule has 2 atom stereocenters. The van der Waals surface area contributed by atoms with Crippen LogP contribution < -0.4 is 5.32 Å². The summed E-state index contributed by atoms with van der Waals surface area (Å²) in [6.07, 6.45) is 2.37. The molecular weight excluding hydrogens is 214 g/mol. The third kappa shape index (κ3) is 2.11. The third-order valence-corrected chi connectivity index (χ3v) is 4.04. The number of rotatable bonds is 2. The van der Waals surface area contributed by atoms with Gasteiger partial charge in [-0.05, 0) is 39.9 Å². The molecule has 2 unspecified atom stereocenters. The highest BCUT2D eigenvalue weighted by molar-refractivity contribution is 5.18. The van der Waals surface area contributed by atoms with Gasteiger partial charge in [0.05, 0.1) is 5.69 Å². The molecule has 0 aliphatic carbocycles. The molecule has 94 valence electrons. The van der Waals surface area contributed by atoms with E-state index >= 15 is 0 Å². The van der Waals surface area contributed by atoms with E-state index in [9.17, 15) is 0 Å². The van der Waals surface area contributed by atoms with E-state index in [0.717, 1.165) is 37.7 Å². The first kappa shape index (κ1) is 11.2. The number of nitrogens with zero attached hydrogens (tertiary/aromatic N) is 2. The SMILES string of the molecule is Cc1oc(C2CCNC2)nc1C1CCN(C)C1. The Labute approximate surface area is 102 Å². The van der Waals surface area contributed by atoms with Crippen LogP contribution in [0, 0.1) is 6.92 Å². The Morgan fingerprint density at radius 2 is 2.24 bits per heavy atom. The zero-order valence-electron chi connectivity index (χ0n) is 10.7. The predicted octanol–water partition coefficient (Wildman–Crippen LogP) is 1.48. The summed E-state index contributed by atoms with van der Waals surface area (Å²) in [6.45, 7) is 6.47. The minimum absolute atomic E-state index is 0.488. The van der Waals surface area contributed by atoms with E-state index in [0.29, 0.717) is 11.8 Å². The van der Waals surface area contributed by atoms with Crippen LogP contribution in [0.5, 0.6) is 0 Å². The summed E-state index contributed by atoms with van der Waals surface area (Å²) >= 11 is 0. The number of aromatic nitrogens is 1. The first-order valence-electron chi connectivity index (χ1n) is 6.60. The Morgan fingerprint density at radius 3 is 2.88 bits per heavy atom. The molecule has 3 heterocycles. The van der Waals surface area contributed by atoms with E-state index < -0.39 is 0 Å². The van der Waals surface area contributed by atoms with Gasteiger partial charge in [-0.3, -0.25) is 0 Å². The van der Waals surface area contributed by atoms with E-state index in [1.165, 1.54) is 18.7 Å². The Kier molecular flexibility index (Phi) is 2.92. The van der Waals surface area contributed by atoms with Crippen molar-refractivity contribution < 1.29 is 4.42 Å². The van der Waals surface area contributed by atoms with Crippen molar-refractivity contribution in [3.63, 3.8) is 0 Å². The summed E-state index contributed by atoms with van der Waals surface area (Å²) in [5.74, 6) is 3.05. The smallest absolute Gasteiger partial charge is 0.199 e. The average Bonchev–Trinajstić information content (AvgIpc) is 2.97. The van der Waals surface area contributed by atoms with Gasteiger partial charge in [0.2, 0.25) is 0 Å². The van der Waals surface area contributed by atoms with Crippen molar-refractivity contribution in [3.8, 4) is 0 Å². The quantitative estimate of drug-likeness (QED) is 0.843. The van der Waals surface area contributed by atoms with Crippen LogP contribution in [0.3, 0.4) is 0 Å². The molecule has 1 N–H and O–H groups in total. The standard InChI is InChI=1S/C13H21N3O/c1-9-12(11-4-6-16(2)8-11)15-13(17-9)10-3-5-14-7-10/h10-11,14H,3-8H2,1-2H3. The molecular formula is C13H21N3O. The topological polar surface area (TPSA) is 41.3 Å². The fourth-order valence-corrected chi connectivity index (χ4v) is 3.01. The van der Waals surface area contributed by atoms with Gasteiger partial charge < -0.3 is 14.6 Å². The van der Waals surface area contributed by atoms with Crippen LogP contribution >= 0.6 is 0 Å². The van der Waals surface area contributed by atoms with Crippen LogP contribution in [0.25, 0.3) is 0 Å². The molecule has 3 rings (SSSR count). The largest absolute Gasteiger partial charge is 0.445 e. The van der Waals surface area contributed by atoms with Gasteiger partial charge in [-0.2, -0.15) is 0 Å². The normalized spacial score (nSPS) is 30.2. The number of likely N-dealkylation sites (tertiary alicyclic amines) is 1. The third-order valence-electron chi connectivity index (χ3n) is 4.04. The molecule has 0 saturated carbocycles. The molecule has 17 heavy (non-hydrogen) atoms. The van der Waals surface area contributed by atoms with Gasteiger partial charge >= 0.3 is 0 Å². The molecule has 2 saturated heterocycles. The first-order chi connectivity index (χ1) is 8.24. The number of oxazole rings is 1. The predicted molar refractivity (Wildman–Crippen MR) is 66.3 cm³/mol. The van der Waals surface area contributed by atoms with Gasteiger partial charge in [-0.15, -0.1) is 0 Å². The second-order valence-corrected chi connectivity index (χ2v) is 5.43. The van der Waals surface area contributed by atoms with Crippen molar-refractivity contribution >= 4 is 0 Å². The number of likely N-dealkylation sites (N-methyl/N-ethyl adjacent to an activating group) is 1. The van der Waals surface area contributed by atoms with Crippen molar-refractivity contribution in [1.82, 2.24) is 15.2 Å². The fraction of sp³-hybridized carbons (Fsp3) is 0.769. The fourth-order valence-electron chi connectivity index (χ4n) is 3.01. The lowest BCUT2D eigenvalue weighted by Gasteiger charge is -2.07. The lowest BCUT2D eigenvalue weighted by atomic mass is 10.0. The second kappa shape index (κ2) is 4.42. The highest BCUT2D eigenvalue weighted by Crippen LogP contribution is 2.31. The van der Waals surface area contributed by atoms with Crippen LogP contribution in [0.15, 0.2) is 4.42 Å². The van der Waals surface area contributed by atoms with Gasteiger partial charge in [0.15, 0.2) is 5.89 Å². The van der Waals surface area contributed by atoms with Crippen LogP contribution in [-0.4, -0.2) is 43.1 Å². The highest BCUT2D eigenvalue weighted by Gasteiger charge is 2.29. The molecule has 2 fully saturated rings. The van der Waals surface area contributed by atoms with E-state index in [1.807, 2.05) is 0 Å². The van der Waals surface area contributed by atoms with E-state index in [-0.39, 0.29) is 0 Å². The maximum Gasteiger partial charge on any atom is 0.199 e. The van der Waals surface area contributed by atoms with Crippen LogP contribution in [0.4, 0.5) is 0 Å². The van der Waals surface area contributed by atoms with E-state index in [1.54, 1.807) is 0 Å². The zero-order valence-corrected chi connectivity index (χ0v) is 10.7. The van der Waals surface area contributed by atoms with Gasteiger partial charge in [-0.1, -0.05) is 0 Å². The molecule has 0 amide bonds. The molecule has 1 aromatic rings. The van der Waals surface area contributed by atoms with Crippen molar-refractivity contribution in [1.29, 1.82) is 0 Å². The molecule has 0 radical (unpaired) electrons. The number of hydrogen-bond donors (Lipinski definition) is 1. The second-order valence-electron chi connectivity index (χ2n) is 5.43. The van der Waals surface area contributed by atoms with Crippen molar-refractivity contribution in [2.24, 2.45) is 0 Å². The molecule has 4 heteroatoms. The first-order valence-corrected chi connectivity index (χ1v) is 6.60. The molecule has 0 bridgehead atoms. The molecule has 4 nitrogen and oxygen atoms in total. The maximum absolute atomic E-state index is 5.88. The summed E-state index contributed by atoms with van der Waals surface area (Å²) in [6, 6.07) is 0. The van der Waals surface area contributed by atoms with Gasteiger partial charge in [-0.25, -0.2) is 4.98 Å².